The third kappa shape index (κ3) is 4.50. The zero-order valence-electron chi connectivity index (χ0n) is 11.8. The summed E-state index contributed by atoms with van der Waals surface area (Å²) in [5.74, 6) is 3.88. The minimum Gasteiger partial charge on any atom is -0.444 e. The van der Waals surface area contributed by atoms with Gasteiger partial charge in [0.05, 0.1) is 12.7 Å². The molecule has 1 heterocycles. The zero-order chi connectivity index (χ0) is 12.8. The number of oxazole rings is 1. The predicted octanol–water partition coefficient (Wildman–Crippen LogP) is 3.25. The van der Waals surface area contributed by atoms with Crippen molar-refractivity contribution in [2.45, 2.75) is 47.6 Å². The molecule has 1 N–H and O–H groups in total. The van der Waals surface area contributed by atoms with E-state index in [1.54, 1.807) is 0 Å². The molecule has 3 nitrogen and oxygen atoms in total. The fourth-order valence-corrected chi connectivity index (χ4v) is 2.18. The number of hydrogen-bond acceptors (Lipinski definition) is 3. The topological polar surface area (TPSA) is 38.1 Å². The lowest BCUT2D eigenvalue weighted by Gasteiger charge is -2.24. The van der Waals surface area contributed by atoms with Gasteiger partial charge in [-0.3, -0.25) is 0 Å². The Balaban J connectivity index is 2.35. The molecular weight excluding hydrogens is 212 g/mol. The Kier molecular flexibility index (Phi) is 5.69. The van der Waals surface area contributed by atoms with Gasteiger partial charge in [-0.05, 0) is 24.3 Å². The highest BCUT2D eigenvalue weighted by Crippen LogP contribution is 2.19. The van der Waals surface area contributed by atoms with E-state index in [9.17, 15) is 0 Å². The number of rotatable bonds is 7. The van der Waals surface area contributed by atoms with Gasteiger partial charge < -0.3 is 9.73 Å². The van der Waals surface area contributed by atoms with Gasteiger partial charge in [0.25, 0.3) is 0 Å². The summed E-state index contributed by atoms with van der Waals surface area (Å²) in [4.78, 5) is 4.24. The maximum atomic E-state index is 5.56. The van der Waals surface area contributed by atoms with Gasteiger partial charge in [-0.1, -0.05) is 34.6 Å². The molecule has 1 aromatic rings. The molecule has 0 atom stereocenters. The molecule has 0 aliphatic heterocycles. The van der Waals surface area contributed by atoms with Crippen molar-refractivity contribution in [3.63, 3.8) is 0 Å². The number of aryl methyl sites for hydroxylation is 1. The number of nitrogens with zero attached hydrogens (tertiary/aromatic N) is 1. The van der Waals surface area contributed by atoms with Crippen LogP contribution in [0.2, 0.25) is 0 Å². The van der Waals surface area contributed by atoms with E-state index in [0.29, 0.717) is 17.8 Å². The van der Waals surface area contributed by atoms with Crippen molar-refractivity contribution in [1.82, 2.24) is 10.3 Å². The zero-order valence-corrected chi connectivity index (χ0v) is 11.8. The number of nitrogens with one attached hydrogen (secondary N) is 1. The van der Waals surface area contributed by atoms with Crippen molar-refractivity contribution in [1.29, 1.82) is 0 Å². The summed E-state index contributed by atoms with van der Waals surface area (Å²) in [6.07, 6.45) is 2.73. The van der Waals surface area contributed by atoms with E-state index in [2.05, 4.69) is 44.9 Å². The summed E-state index contributed by atoms with van der Waals surface area (Å²) in [5.41, 5.74) is 0. The van der Waals surface area contributed by atoms with E-state index >= 15 is 0 Å². The summed E-state index contributed by atoms with van der Waals surface area (Å²) >= 11 is 0. The highest BCUT2D eigenvalue weighted by Gasteiger charge is 2.17. The highest BCUT2D eigenvalue weighted by molar-refractivity contribution is 4.93. The summed E-state index contributed by atoms with van der Waals surface area (Å²) < 4.78 is 5.56. The van der Waals surface area contributed by atoms with E-state index in [4.69, 9.17) is 4.42 Å². The predicted molar refractivity (Wildman–Crippen MR) is 70.8 cm³/mol. The summed E-state index contributed by atoms with van der Waals surface area (Å²) in [6, 6.07) is 0. The molecule has 0 aromatic carbocycles. The van der Waals surface area contributed by atoms with Crippen molar-refractivity contribution in [3.8, 4) is 0 Å². The minimum absolute atomic E-state index is 0.704. The Labute approximate surface area is 105 Å². The van der Waals surface area contributed by atoms with Gasteiger partial charge in [-0.15, -0.1) is 0 Å². The van der Waals surface area contributed by atoms with E-state index in [1.807, 2.05) is 6.20 Å². The quantitative estimate of drug-likeness (QED) is 0.792. The van der Waals surface area contributed by atoms with Crippen LogP contribution in [0.4, 0.5) is 0 Å². The van der Waals surface area contributed by atoms with Crippen LogP contribution in [0.5, 0.6) is 0 Å². The second kappa shape index (κ2) is 6.80. The van der Waals surface area contributed by atoms with Crippen LogP contribution >= 0.6 is 0 Å². The second-order valence-corrected chi connectivity index (χ2v) is 5.36. The standard InChI is InChI=1S/C14H26N2O/c1-6-12-7-16-14(17-12)9-15-8-13(10(2)3)11(4)5/h7,10-11,13,15H,6,8-9H2,1-5H3. The maximum absolute atomic E-state index is 5.56. The molecule has 0 fully saturated rings. The Bertz CT molecular complexity index is 310. The molecule has 0 unspecified atom stereocenters. The van der Waals surface area contributed by atoms with E-state index in [-0.39, 0.29) is 0 Å². The molecule has 0 spiro atoms. The molecule has 0 radical (unpaired) electrons. The Morgan fingerprint density at radius 3 is 2.35 bits per heavy atom. The van der Waals surface area contributed by atoms with Crippen molar-refractivity contribution >= 4 is 0 Å². The largest absolute Gasteiger partial charge is 0.444 e. The first-order chi connectivity index (χ1) is 8.04. The van der Waals surface area contributed by atoms with Crippen LogP contribution < -0.4 is 5.32 Å². The lowest BCUT2D eigenvalue weighted by Crippen LogP contribution is -2.29. The summed E-state index contributed by atoms with van der Waals surface area (Å²) in [6.45, 7) is 13.0. The second-order valence-electron chi connectivity index (χ2n) is 5.36. The van der Waals surface area contributed by atoms with Crippen molar-refractivity contribution < 1.29 is 4.42 Å². The average molecular weight is 238 g/mol. The van der Waals surface area contributed by atoms with Crippen LogP contribution in [0.1, 0.15) is 46.3 Å². The first kappa shape index (κ1) is 14.2. The van der Waals surface area contributed by atoms with Crippen LogP contribution in [0.15, 0.2) is 10.6 Å². The van der Waals surface area contributed by atoms with E-state index < -0.39 is 0 Å². The molecule has 0 bridgehead atoms. The third-order valence-electron chi connectivity index (χ3n) is 3.32. The average Bonchev–Trinajstić information content (AvgIpc) is 2.71. The first-order valence-electron chi connectivity index (χ1n) is 6.68. The van der Waals surface area contributed by atoms with Gasteiger partial charge in [0.1, 0.15) is 5.76 Å². The van der Waals surface area contributed by atoms with Crippen LogP contribution in [0, 0.1) is 17.8 Å². The molecule has 1 aromatic heterocycles. The van der Waals surface area contributed by atoms with Gasteiger partial charge in [0, 0.05) is 6.42 Å². The highest BCUT2D eigenvalue weighted by atomic mass is 16.4. The molecule has 17 heavy (non-hydrogen) atoms. The molecule has 0 saturated heterocycles. The molecular formula is C14H26N2O. The van der Waals surface area contributed by atoms with Crippen molar-refractivity contribution in [2.24, 2.45) is 17.8 Å². The summed E-state index contributed by atoms with van der Waals surface area (Å²) in [7, 11) is 0. The van der Waals surface area contributed by atoms with Gasteiger partial charge in [-0.2, -0.15) is 0 Å². The fourth-order valence-electron chi connectivity index (χ4n) is 2.18. The van der Waals surface area contributed by atoms with Crippen molar-refractivity contribution in [3.05, 3.63) is 17.8 Å². The van der Waals surface area contributed by atoms with Crippen LogP contribution in [-0.2, 0) is 13.0 Å². The van der Waals surface area contributed by atoms with Gasteiger partial charge in [0.15, 0.2) is 0 Å². The van der Waals surface area contributed by atoms with Gasteiger partial charge in [0.2, 0.25) is 5.89 Å². The van der Waals surface area contributed by atoms with E-state index in [1.165, 1.54) is 0 Å². The first-order valence-corrected chi connectivity index (χ1v) is 6.68. The number of hydrogen-bond donors (Lipinski definition) is 1. The third-order valence-corrected chi connectivity index (χ3v) is 3.32. The normalized spacial score (nSPS) is 12.0. The Morgan fingerprint density at radius 1 is 1.24 bits per heavy atom. The SMILES string of the molecule is CCc1cnc(CNCC(C(C)C)C(C)C)o1. The summed E-state index contributed by atoms with van der Waals surface area (Å²) in [5, 5.41) is 3.45. The Morgan fingerprint density at radius 2 is 1.88 bits per heavy atom. The lowest BCUT2D eigenvalue weighted by molar-refractivity contribution is 0.271. The molecule has 0 aliphatic carbocycles. The molecule has 0 amide bonds. The molecule has 1 rings (SSSR count). The monoisotopic (exact) mass is 238 g/mol. The smallest absolute Gasteiger partial charge is 0.208 e. The van der Waals surface area contributed by atoms with Crippen LogP contribution in [0.25, 0.3) is 0 Å². The number of aromatic nitrogens is 1. The Hall–Kier alpha value is -0.830. The van der Waals surface area contributed by atoms with E-state index in [0.717, 1.165) is 31.2 Å². The maximum Gasteiger partial charge on any atom is 0.208 e. The van der Waals surface area contributed by atoms with Crippen LogP contribution in [0.3, 0.4) is 0 Å². The fraction of sp³-hybridized carbons (Fsp3) is 0.786. The van der Waals surface area contributed by atoms with Crippen LogP contribution in [-0.4, -0.2) is 11.5 Å². The van der Waals surface area contributed by atoms with Gasteiger partial charge >= 0.3 is 0 Å². The molecule has 3 heteroatoms. The molecule has 0 saturated carbocycles. The van der Waals surface area contributed by atoms with Crippen molar-refractivity contribution in [2.75, 3.05) is 6.54 Å². The molecule has 98 valence electrons. The van der Waals surface area contributed by atoms with Gasteiger partial charge in [-0.25, -0.2) is 4.98 Å². The molecule has 0 aliphatic rings. The minimum atomic E-state index is 0.704. The lowest BCUT2D eigenvalue weighted by atomic mass is 9.85.